The maximum absolute atomic E-state index is 11.9. The number of aromatic nitrogens is 1. The molecule has 1 aromatic rings. The first-order chi connectivity index (χ1) is 8.92. The molecule has 0 unspecified atom stereocenters. The predicted molar refractivity (Wildman–Crippen MR) is 73.4 cm³/mol. The molecule has 19 heavy (non-hydrogen) atoms. The van der Waals surface area contributed by atoms with E-state index in [4.69, 9.17) is 5.11 Å². The Hall–Kier alpha value is -1.78. The summed E-state index contributed by atoms with van der Waals surface area (Å²) in [6.07, 6.45) is 0.400. The van der Waals surface area contributed by atoms with E-state index in [2.05, 4.69) is 0 Å². The molecule has 0 fully saturated rings. The molecule has 0 bridgehead atoms. The smallest absolute Gasteiger partial charge is 0.337 e. The highest BCUT2D eigenvalue weighted by atomic mass is 16.4. The highest BCUT2D eigenvalue weighted by molar-refractivity contribution is 5.89. The van der Waals surface area contributed by atoms with Gasteiger partial charge in [0.1, 0.15) is 0 Å². The third-order valence-electron chi connectivity index (χ3n) is 3.47. The molecule has 0 radical (unpaired) electrons. The zero-order valence-corrected chi connectivity index (χ0v) is 12.1. The van der Waals surface area contributed by atoms with Crippen molar-refractivity contribution in [2.24, 2.45) is 0 Å². The van der Waals surface area contributed by atoms with Crippen molar-refractivity contribution in [3.63, 3.8) is 0 Å². The normalized spacial score (nSPS) is 10.5. The van der Waals surface area contributed by atoms with Gasteiger partial charge in [-0.05, 0) is 33.8 Å². The molecular weight excluding hydrogens is 244 g/mol. The van der Waals surface area contributed by atoms with Crippen LogP contribution in [0.2, 0.25) is 0 Å². The quantitative estimate of drug-likeness (QED) is 0.857. The molecule has 0 spiro atoms. The Balaban J connectivity index is 2.79. The Kier molecular flexibility index (Phi) is 5.15. The predicted octanol–water partition coefficient (Wildman–Crippen LogP) is 2.06. The molecule has 0 atom stereocenters. The van der Waals surface area contributed by atoms with Crippen LogP contribution in [0.1, 0.15) is 42.0 Å². The van der Waals surface area contributed by atoms with Gasteiger partial charge >= 0.3 is 5.97 Å². The Morgan fingerprint density at radius 3 is 2.26 bits per heavy atom. The first kappa shape index (κ1) is 15.3. The minimum absolute atomic E-state index is 0.106. The number of hydrogen-bond donors (Lipinski definition) is 1. The van der Waals surface area contributed by atoms with Crippen LogP contribution in [0.4, 0.5) is 0 Å². The van der Waals surface area contributed by atoms with Crippen LogP contribution in [0, 0.1) is 13.8 Å². The molecule has 5 nitrogen and oxygen atoms in total. The number of amides is 1. The van der Waals surface area contributed by atoms with Crippen LogP contribution in [-0.4, -0.2) is 39.5 Å². The van der Waals surface area contributed by atoms with E-state index in [-0.39, 0.29) is 5.91 Å². The second kappa shape index (κ2) is 6.41. The van der Waals surface area contributed by atoms with Crippen molar-refractivity contribution in [3.05, 3.63) is 23.0 Å². The van der Waals surface area contributed by atoms with Crippen molar-refractivity contribution in [1.82, 2.24) is 9.47 Å². The van der Waals surface area contributed by atoms with Crippen molar-refractivity contribution < 1.29 is 14.7 Å². The molecular formula is C14H22N2O3. The second-order valence-electron chi connectivity index (χ2n) is 4.56. The minimum atomic E-state index is -0.922. The number of carbonyl (C=O) groups excluding carboxylic acids is 1. The third kappa shape index (κ3) is 3.36. The summed E-state index contributed by atoms with van der Waals surface area (Å²) in [7, 11) is 0. The topological polar surface area (TPSA) is 62.5 Å². The molecule has 1 aromatic heterocycles. The molecule has 1 amide bonds. The number of hydrogen-bond acceptors (Lipinski definition) is 2. The summed E-state index contributed by atoms with van der Waals surface area (Å²) in [6, 6.07) is 1.65. The summed E-state index contributed by atoms with van der Waals surface area (Å²) in [6.45, 7) is 9.49. The van der Waals surface area contributed by atoms with Crippen LogP contribution >= 0.6 is 0 Å². The molecule has 1 heterocycles. The minimum Gasteiger partial charge on any atom is -0.478 e. The third-order valence-corrected chi connectivity index (χ3v) is 3.47. The number of rotatable bonds is 6. The van der Waals surface area contributed by atoms with Gasteiger partial charge in [0.05, 0.1) is 5.56 Å². The maximum atomic E-state index is 11.9. The van der Waals surface area contributed by atoms with Crippen LogP contribution in [-0.2, 0) is 11.3 Å². The van der Waals surface area contributed by atoms with Gasteiger partial charge in [0.15, 0.2) is 0 Å². The lowest BCUT2D eigenvalue weighted by Gasteiger charge is -2.19. The summed E-state index contributed by atoms with van der Waals surface area (Å²) in [5.74, 6) is -0.816. The fourth-order valence-corrected chi connectivity index (χ4v) is 2.30. The number of carboxylic acid groups (broad SMARTS) is 1. The highest BCUT2D eigenvalue weighted by Gasteiger charge is 2.16. The lowest BCUT2D eigenvalue weighted by Crippen LogP contribution is -2.31. The maximum Gasteiger partial charge on any atom is 0.337 e. The molecule has 0 aliphatic carbocycles. The molecule has 106 valence electrons. The van der Waals surface area contributed by atoms with Gasteiger partial charge in [-0.15, -0.1) is 0 Å². The van der Waals surface area contributed by atoms with Crippen molar-refractivity contribution >= 4 is 11.9 Å². The molecule has 5 heteroatoms. The van der Waals surface area contributed by atoms with Crippen LogP contribution in [0.3, 0.4) is 0 Å². The van der Waals surface area contributed by atoms with E-state index in [1.165, 1.54) is 0 Å². The standard InChI is InChI=1S/C14H22N2O3/c1-5-15(6-2)13(17)7-8-16-10(3)9-12(11(16)4)14(18)19/h9H,5-8H2,1-4H3,(H,18,19). The fraction of sp³-hybridized carbons (Fsp3) is 0.571. The molecule has 1 rings (SSSR count). The van der Waals surface area contributed by atoms with E-state index in [1.807, 2.05) is 25.3 Å². The number of aryl methyl sites for hydroxylation is 1. The molecule has 0 aromatic carbocycles. The zero-order chi connectivity index (χ0) is 14.6. The average Bonchev–Trinajstić information content (AvgIpc) is 2.64. The molecule has 0 aliphatic heterocycles. The van der Waals surface area contributed by atoms with Crippen molar-refractivity contribution in [2.45, 2.75) is 40.7 Å². The van der Waals surface area contributed by atoms with Gasteiger partial charge in [0, 0.05) is 37.4 Å². The lowest BCUT2D eigenvalue weighted by molar-refractivity contribution is -0.131. The average molecular weight is 266 g/mol. The summed E-state index contributed by atoms with van der Waals surface area (Å²) in [5, 5.41) is 9.06. The Bertz CT molecular complexity index is 473. The Labute approximate surface area is 113 Å². The molecule has 0 saturated heterocycles. The van der Waals surface area contributed by atoms with Gasteiger partial charge in [-0.2, -0.15) is 0 Å². The first-order valence-corrected chi connectivity index (χ1v) is 6.60. The van der Waals surface area contributed by atoms with E-state index in [9.17, 15) is 9.59 Å². The van der Waals surface area contributed by atoms with Gasteiger partial charge in [0.25, 0.3) is 0 Å². The zero-order valence-electron chi connectivity index (χ0n) is 12.1. The molecule has 0 aliphatic rings. The summed E-state index contributed by atoms with van der Waals surface area (Å²) in [5.41, 5.74) is 1.90. The van der Waals surface area contributed by atoms with Crippen molar-refractivity contribution in [2.75, 3.05) is 13.1 Å². The van der Waals surface area contributed by atoms with E-state index in [1.54, 1.807) is 17.9 Å². The SMILES string of the molecule is CCN(CC)C(=O)CCn1c(C)cc(C(=O)O)c1C. The van der Waals surface area contributed by atoms with Crippen molar-refractivity contribution in [1.29, 1.82) is 0 Å². The Morgan fingerprint density at radius 1 is 1.26 bits per heavy atom. The van der Waals surface area contributed by atoms with Crippen LogP contribution in [0.5, 0.6) is 0 Å². The largest absolute Gasteiger partial charge is 0.478 e. The van der Waals surface area contributed by atoms with Crippen LogP contribution in [0.15, 0.2) is 6.07 Å². The van der Waals surface area contributed by atoms with Gasteiger partial charge in [0.2, 0.25) is 5.91 Å². The number of nitrogens with zero attached hydrogens (tertiary/aromatic N) is 2. The van der Waals surface area contributed by atoms with E-state index < -0.39 is 5.97 Å². The fourth-order valence-electron chi connectivity index (χ4n) is 2.30. The van der Waals surface area contributed by atoms with E-state index >= 15 is 0 Å². The van der Waals surface area contributed by atoms with E-state index in [0.29, 0.717) is 37.3 Å². The highest BCUT2D eigenvalue weighted by Crippen LogP contribution is 2.15. The molecule has 1 N–H and O–H groups in total. The Morgan fingerprint density at radius 2 is 1.84 bits per heavy atom. The summed E-state index contributed by atoms with van der Waals surface area (Å²) in [4.78, 5) is 24.8. The summed E-state index contributed by atoms with van der Waals surface area (Å²) >= 11 is 0. The summed E-state index contributed by atoms with van der Waals surface area (Å²) < 4.78 is 1.89. The second-order valence-corrected chi connectivity index (χ2v) is 4.56. The number of aromatic carboxylic acids is 1. The monoisotopic (exact) mass is 266 g/mol. The lowest BCUT2D eigenvalue weighted by atomic mass is 10.2. The number of carbonyl (C=O) groups is 2. The van der Waals surface area contributed by atoms with Gasteiger partial charge in [-0.25, -0.2) is 4.79 Å². The van der Waals surface area contributed by atoms with Crippen LogP contribution < -0.4 is 0 Å². The van der Waals surface area contributed by atoms with Gasteiger partial charge in [-0.3, -0.25) is 4.79 Å². The van der Waals surface area contributed by atoms with Gasteiger partial charge in [-0.1, -0.05) is 0 Å². The van der Waals surface area contributed by atoms with Crippen LogP contribution in [0.25, 0.3) is 0 Å². The van der Waals surface area contributed by atoms with Gasteiger partial charge < -0.3 is 14.6 Å². The van der Waals surface area contributed by atoms with Crippen molar-refractivity contribution in [3.8, 4) is 0 Å². The van der Waals surface area contributed by atoms with E-state index in [0.717, 1.165) is 5.69 Å². The first-order valence-electron chi connectivity index (χ1n) is 6.60. The number of carboxylic acids is 1. The molecule has 0 saturated carbocycles.